The van der Waals surface area contributed by atoms with Crippen molar-refractivity contribution in [3.63, 3.8) is 0 Å². The third-order valence-electron chi connectivity index (χ3n) is 6.10. The van der Waals surface area contributed by atoms with Crippen LogP contribution < -0.4 is 5.73 Å². The number of nitrogens with zero attached hydrogens (tertiary/aromatic N) is 3. The van der Waals surface area contributed by atoms with E-state index in [0.717, 1.165) is 28.8 Å². The molecule has 1 fully saturated rings. The van der Waals surface area contributed by atoms with Gasteiger partial charge in [0.1, 0.15) is 5.82 Å². The van der Waals surface area contributed by atoms with Crippen LogP contribution >= 0.6 is 11.6 Å². The first-order chi connectivity index (χ1) is 13.7. The molecule has 0 spiro atoms. The number of aryl methyl sites for hydroxylation is 1. The van der Waals surface area contributed by atoms with E-state index >= 15 is 0 Å². The highest BCUT2D eigenvalue weighted by molar-refractivity contribution is 6.33. The molecule has 0 saturated heterocycles. The molecular formula is C23H23ClN4. The maximum absolute atomic E-state index is 6.07. The molecule has 2 unspecified atom stereocenters. The van der Waals surface area contributed by atoms with Gasteiger partial charge < -0.3 is 10.3 Å². The van der Waals surface area contributed by atoms with E-state index in [1.807, 2.05) is 18.3 Å². The second kappa shape index (κ2) is 7.10. The van der Waals surface area contributed by atoms with Crippen LogP contribution in [-0.2, 0) is 6.42 Å². The van der Waals surface area contributed by atoms with Crippen LogP contribution in [-0.4, -0.2) is 14.5 Å². The zero-order chi connectivity index (χ0) is 19.1. The molecule has 0 bridgehead atoms. The van der Waals surface area contributed by atoms with E-state index in [4.69, 9.17) is 17.3 Å². The van der Waals surface area contributed by atoms with Crippen molar-refractivity contribution in [2.75, 3.05) is 5.73 Å². The molecule has 0 radical (unpaired) electrons. The minimum atomic E-state index is 0.401. The summed E-state index contributed by atoms with van der Waals surface area (Å²) in [5.41, 5.74) is 10.5. The van der Waals surface area contributed by atoms with Crippen LogP contribution in [0.1, 0.15) is 37.3 Å². The van der Waals surface area contributed by atoms with Crippen LogP contribution in [0.25, 0.3) is 21.9 Å². The van der Waals surface area contributed by atoms with Crippen molar-refractivity contribution in [2.45, 2.75) is 38.1 Å². The van der Waals surface area contributed by atoms with Crippen molar-refractivity contribution in [2.24, 2.45) is 5.92 Å². The minimum Gasteiger partial charge on any atom is -0.382 e. The van der Waals surface area contributed by atoms with Gasteiger partial charge in [0, 0.05) is 23.8 Å². The van der Waals surface area contributed by atoms with E-state index in [1.165, 1.54) is 36.8 Å². The molecule has 1 aromatic carbocycles. The first-order valence-corrected chi connectivity index (χ1v) is 10.3. The molecule has 2 N–H and O–H groups in total. The van der Waals surface area contributed by atoms with Gasteiger partial charge >= 0.3 is 0 Å². The Morgan fingerprint density at radius 1 is 1.11 bits per heavy atom. The van der Waals surface area contributed by atoms with Crippen molar-refractivity contribution in [3.05, 3.63) is 65.4 Å². The van der Waals surface area contributed by atoms with Gasteiger partial charge in [0.25, 0.3) is 0 Å². The Morgan fingerprint density at radius 2 is 2.04 bits per heavy atom. The van der Waals surface area contributed by atoms with Crippen molar-refractivity contribution in [1.82, 2.24) is 14.5 Å². The molecule has 4 aromatic rings. The number of nitrogen functional groups attached to an aromatic ring is 1. The van der Waals surface area contributed by atoms with Gasteiger partial charge in [-0.1, -0.05) is 23.7 Å². The lowest BCUT2D eigenvalue weighted by molar-refractivity contribution is 0.462. The van der Waals surface area contributed by atoms with E-state index in [-0.39, 0.29) is 0 Å². The molecule has 0 aliphatic heterocycles. The van der Waals surface area contributed by atoms with Gasteiger partial charge in [-0.25, -0.2) is 4.98 Å². The van der Waals surface area contributed by atoms with Crippen LogP contribution in [0, 0.1) is 5.92 Å². The van der Waals surface area contributed by atoms with E-state index in [2.05, 4.69) is 51.1 Å². The fourth-order valence-corrected chi connectivity index (χ4v) is 4.76. The monoisotopic (exact) mass is 390 g/mol. The Morgan fingerprint density at radius 3 is 2.96 bits per heavy atom. The number of aromatic nitrogens is 3. The lowest BCUT2D eigenvalue weighted by atomic mass is 9.97. The maximum atomic E-state index is 6.07. The molecule has 0 amide bonds. The molecule has 2 atom stereocenters. The number of hydrogen-bond acceptors (Lipinski definition) is 3. The van der Waals surface area contributed by atoms with Gasteiger partial charge in [-0.2, -0.15) is 0 Å². The molecule has 1 aliphatic carbocycles. The standard InChI is InChI=1S/C23H23ClN4/c24-19-14-17-7-5-16(13-21(17)27-23(19)25)4-3-15-6-8-18(12-15)28-11-9-20-22(28)2-1-10-26-20/h1-2,5,7,9-11,13-15,18H,3-4,6,8,12H2,(H2,25,27). The number of benzene rings is 1. The number of fused-ring (bicyclic) bond motifs is 2. The number of nitrogens with two attached hydrogens (primary N) is 1. The van der Waals surface area contributed by atoms with Crippen LogP contribution in [0.3, 0.4) is 0 Å². The van der Waals surface area contributed by atoms with Crippen LogP contribution in [0.2, 0.25) is 5.02 Å². The number of pyridine rings is 2. The SMILES string of the molecule is Nc1nc2cc(CCC3CCC(n4ccc5ncccc54)C3)ccc2cc1Cl. The second-order valence-electron chi connectivity index (χ2n) is 7.88. The summed E-state index contributed by atoms with van der Waals surface area (Å²) in [5, 5.41) is 1.56. The first-order valence-electron chi connectivity index (χ1n) is 9.93. The Hall–Kier alpha value is -2.59. The molecule has 142 valence electrons. The minimum absolute atomic E-state index is 0.401. The summed E-state index contributed by atoms with van der Waals surface area (Å²) < 4.78 is 2.43. The molecule has 28 heavy (non-hydrogen) atoms. The van der Waals surface area contributed by atoms with Crippen molar-refractivity contribution in [3.8, 4) is 0 Å². The van der Waals surface area contributed by atoms with Gasteiger partial charge in [-0.15, -0.1) is 0 Å². The summed E-state index contributed by atoms with van der Waals surface area (Å²) in [7, 11) is 0. The fourth-order valence-electron chi connectivity index (χ4n) is 4.60. The summed E-state index contributed by atoms with van der Waals surface area (Å²) >= 11 is 6.07. The van der Waals surface area contributed by atoms with Crippen LogP contribution in [0.5, 0.6) is 0 Å². The van der Waals surface area contributed by atoms with Crippen molar-refractivity contribution < 1.29 is 0 Å². The number of anilines is 1. The smallest absolute Gasteiger partial charge is 0.142 e. The summed E-state index contributed by atoms with van der Waals surface area (Å²) in [6, 6.07) is 15.2. The van der Waals surface area contributed by atoms with Gasteiger partial charge in [0.05, 0.1) is 21.6 Å². The largest absolute Gasteiger partial charge is 0.382 e. The molecule has 4 nitrogen and oxygen atoms in total. The van der Waals surface area contributed by atoms with Gasteiger partial charge in [-0.05, 0) is 73.9 Å². The van der Waals surface area contributed by atoms with E-state index < -0.39 is 0 Å². The topological polar surface area (TPSA) is 56.7 Å². The van der Waals surface area contributed by atoms with Gasteiger partial charge in [0.15, 0.2) is 0 Å². The zero-order valence-corrected chi connectivity index (χ0v) is 16.4. The molecule has 3 heterocycles. The molecular weight excluding hydrogens is 368 g/mol. The van der Waals surface area contributed by atoms with E-state index in [0.29, 0.717) is 16.9 Å². The molecule has 3 aromatic heterocycles. The molecule has 1 saturated carbocycles. The molecule has 5 heteroatoms. The highest BCUT2D eigenvalue weighted by Crippen LogP contribution is 2.38. The summed E-state index contributed by atoms with van der Waals surface area (Å²) in [6.45, 7) is 0. The van der Waals surface area contributed by atoms with Crippen molar-refractivity contribution >= 4 is 39.4 Å². The fraction of sp³-hybridized carbons (Fsp3) is 0.304. The number of rotatable bonds is 4. The summed E-state index contributed by atoms with van der Waals surface area (Å²) in [4.78, 5) is 8.89. The summed E-state index contributed by atoms with van der Waals surface area (Å²) in [6.07, 6.45) is 10.1. The Bertz CT molecular complexity index is 1150. The Labute approximate surface area is 169 Å². The highest BCUT2D eigenvalue weighted by Gasteiger charge is 2.26. The first kappa shape index (κ1) is 17.5. The van der Waals surface area contributed by atoms with Crippen molar-refractivity contribution in [1.29, 1.82) is 0 Å². The van der Waals surface area contributed by atoms with Gasteiger partial charge in [0.2, 0.25) is 0 Å². The third-order valence-corrected chi connectivity index (χ3v) is 6.40. The number of halogens is 1. The summed E-state index contributed by atoms with van der Waals surface area (Å²) in [5.74, 6) is 1.16. The van der Waals surface area contributed by atoms with E-state index in [9.17, 15) is 0 Å². The number of hydrogen-bond donors (Lipinski definition) is 1. The lowest BCUT2D eigenvalue weighted by Gasteiger charge is -2.15. The van der Waals surface area contributed by atoms with Crippen LogP contribution in [0.15, 0.2) is 54.9 Å². The predicted molar refractivity (Wildman–Crippen MR) is 116 cm³/mol. The quantitative estimate of drug-likeness (QED) is 0.479. The molecule has 5 rings (SSSR count). The second-order valence-corrected chi connectivity index (χ2v) is 8.29. The van der Waals surface area contributed by atoms with Crippen LogP contribution in [0.4, 0.5) is 5.82 Å². The average Bonchev–Trinajstić information content (AvgIpc) is 3.34. The van der Waals surface area contributed by atoms with E-state index in [1.54, 1.807) is 0 Å². The van der Waals surface area contributed by atoms with Gasteiger partial charge in [-0.3, -0.25) is 4.98 Å². The Kier molecular flexibility index (Phi) is 4.44. The lowest BCUT2D eigenvalue weighted by Crippen LogP contribution is -2.05. The predicted octanol–water partition coefficient (Wildman–Crippen LogP) is 5.79. The normalized spacial score (nSPS) is 19.6. The molecule has 1 aliphatic rings. The Balaban J connectivity index is 1.26. The zero-order valence-electron chi connectivity index (χ0n) is 15.7. The average molecular weight is 391 g/mol. The maximum Gasteiger partial charge on any atom is 0.142 e. The third kappa shape index (κ3) is 3.22. The highest BCUT2D eigenvalue weighted by atomic mass is 35.5.